The van der Waals surface area contributed by atoms with Gasteiger partial charge in [-0.15, -0.1) is 10.2 Å². The minimum Gasteiger partial charge on any atom is -0.459 e. The number of hydrogen-bond donors (Lipinski definition) is 0. The van der Waals surface area contributed by atoms with E-state index in [1.807, 2.05) is 11.8 Å². The summed E-state index contributed by atoms with van der Waals surface area (Å²) in [6.07, 6.45) is 5.19. The molecule has 5 nitrogen and oxygen atoms in total. The quantitative estimate of drug-likeness (QED) is 0.781. The van der Waals surface area contributed by atoms with Crippen LogP contribution in [0.5, 0.6) is 5.19 Å². The number of ether oxygens (including phenoxy) is 1. The summed E-state index contributed by atoms with van der Waals surface area (Å²) in [7, 11) is 0. The Morgan fingerprint density at radius 2 is 2.04 bits per heavy atom. The van der Waals surface area contributed by atoms with Crippen molar-refractivity contribution in [2.45, 2.75) is 60.3 Å². The number of allylic oxidation sites excluding steroid dienone is 4. The summed E-state index contributed by atoms with van der Waals surface area (Å²) in [6.45, 7) is 15.3. The molecule has 1 heterocycles. The van der Waals surface area contributed by atoms with E-state index in [1.165, 1.54) is 16.9 Å². The van der Waals surface area contributed by atoms with Gasteiger partial charge >= 0.3 is 0 Å². The van der Waals surface area contributed by atoms with Crippen LogP contribution in [0.3, 0.4) is 0 Å². The first kappa shape index (κ1) is 19.6. The third-order valence-electron chi connectivity index (χ3n) is 3.98. The topological polar surface area (TPSA) is 55.3 Å². The molecule has 0 bridgehead atoms. The summed E-state index contributed by atoms with van der Waals surface area (Å²) in [4.78, 5) is 14.5. The first-order chi connectivity index (χ1) is 11.5. The van der Waals surface area contributed by atoms with Crippen LogP contribution in [0.15, 0.2) is 23.4 Å². The molecule has 1 amide bonds. The monoisotopic (exact) mass is 363 g/mol. The Labute approximate surface area is 154 Å². The van der Waals surface area contributed by atoms with Crippen molar-refractivity contribution < 1.29 is 9.53 Å². The van der Waals surface area contributed by atoms with Crippen molar-refractivity contribution in [2.75, 3.05) is 13.2 Å². The first-order valence-corrected chi connectivity index (χ1v) is 9.50. The third kappa shape index (κ3) is 5.14. The molecule has 0 fully saturated rings. The van der Waals surface area contributed by atoms with Crippen LogP contribution < -0.4 is 4.74 Å². The summed E-state index contributed by atoms with van der Waals surface area (Å²) >= 11 is 1.40. The van der Waals surface area contributed by atoms with Crippen molar-refractivity contribution in [1.29, 1.82) is 0 Å². The highest BCUT2D eigenvalue weighted by atomic mass is 32.1. The van der Waals surface area contributed by atoms with Gasteiger partial charge in [-0.1, -0.05) is 57.6 Å². The highest BCUT2D eigenvalue weighted by Gasteiger charge is 2.27. The number of hydrogen-bond acceptors (Lipinski definition) is 5. The molecule has 0 N–H and O–H groups in total. The Bertz CT molecular complexity index is 696. The van der Waals surface area contributed by atoms with Crippen LogP contribution in [0.2, 0.25) is 0 Å². The first-order valence-electron chi connectivity index (χ1n) is 8.69. The molecule has 1 aromatic rings. The van der Waals surface area contributed by atoms with Crippen molar-refractivity contribution in [3.63, 3.8) is 0 Å². The van der Waals surface area contributed by atoms with Gasteiger partial charge in [-0.25, -0.2) is 0 Å². The van der Waals surface area contributed by atoms with Crippen molar-refractivity contribution in [3.05, 3.63) is 28.4 Å². The van der Waals surface area contributed by atoms with E-state index in [0.717, 1.165) is 17.1 Å². The normalized spacial score (nSPS) is 16.9. The zero-order valence-corrected chi connectivity index (χ0v) is 17.2. The predicted molar refractivity (Wildman–Crippen MR) is 102 cm³/mol. The Hall–Kier alpha value is -1.69. The van der Waals surface area contributed by atoms with Crippen LogP contribution in [0, 0.1) is 5.41 Å². The number of aromatic nitrogens is 2. The molecule has 25 heavy (non-hydrogen) atoms. The van der Waals surface area contributed by atoms with Gasteiger partial charge in [0.25, 0.3) is 11.1 Å². The molecule has 1 aliphatic carbocycles. The lowest BCUT2D eigenvalue weighted by atomic mass is 9.81. The molecule has 0 radical (unpaired) electrons. The molecular formula is C19H29N3O2S. The molecule has 0 atom stereocenters. The van der Waals surface area contributed by atoms with Gasteiger partial charge in [0.2, 0.25) is 0 Å². The molecule has 1 aliphatic rings. The van der Waals surface area contributed by atoms with Gasteiger partial charge in [0.05, 0.1) is 0 Å². The van der Waals surface area contributed by atoms with Gasteiger partial charge in [0.15, 0.2) is 6.61 Å². The molecule has 0 saturated heterocycles. The summed E-state index contributed by atoms with van der Waals surface area (Å²) in [6, 6.07) is 0. The van der Waals surface area contributed by atoms with Gasteiger partial charge in [-0.2, -0.15) is 0 Å². The van der Waals surface area contributed by atoms with Crippen LogP contribution in [-0.2, 0) is 10.2 Å². The summed E-state index contributed by atoms with van der Waals surface area (Å²) in [5.41, 5.74) is 2.23. The van der Waals surface area contributed by atoms with Crippen molar-refractivity contribution in [2.24, 2.45) is 5.41 Å². The van der Waals surface area contributed by atoms with Crippen molar-refractivity contribution >= 4 is 17.2 Å². The van der Waals surface area contributed by atoms with Crippen LogP contribution in [-0.4, -0.2) is 34.2 Å². The second-order valence-corrected chi connectivity index (χ2v) is 9.18. The standard InChI is InChI=1S/C19H29N3O2S/c1-8-22(14-9-13(2)10-19(6,7)11-14)15(23)12-24-17-21-20-16(25-17)18(3,4)5/h9-10H,8,11-12H2,1-7H3. The molecule has 0 aliphatic heterocycles. The van der Waals surface area contributed by atoms with Gasteiger partial charge in [-0.3, -0.25) is 4.79 Å². The van der Waals surface area contributed by atoms with Crippen LogP contribution >= 0.6 is 11.3 Å². The molecule has 1 aromatic heterocycles. The summed E-state index contributed by atoms with van der Waals surface area (Å²) in [5, 5.41) is 9.54. The molecule has 0 spiro atoms. The molecule has 0 unspecified atom stereocenters. The largest absolute Gasteiger partial charge is 0.459 e. The number of carbonyl (C=O) groups is 1. The maximum absolute atomic E-state index is 12.7. The van der Waals surface area contributed by atoms with Gasteiger partial charge in [0.1, 0.15) is 5.01 Å². The maximum atomic E-state index is 12.7. The van der Waals surface area contributed by atoms with Gasteiger partial charge in [0, 0.05) is 17.7 Å². The average molecular weight is 364 g/mol. The number of carbonyl (C=O) groups excluding carboxylic acids is 1. The SMILES string of the molecule is CCN(C(=O)COc1nnc(C(C)(C)C)s1)C1=CC(C)=CC(C)(C)C1. The summed E-state index contributed by atoms with van der Waals surface area (Å²) in [5.74, 6) is -0.0493. The van der Waals surface area contributed by atoms with E-state index in [2.05, 4.69) is 63.9 Å². The number of likely N-dealkylation sites (N-methyl/N-ethyl adjacent to an activating group) is 1. The Morgan fingerprint density at radius 3 is 2.56 bits per heavy atom. The second kappa shape index (κ2) is 7.28. The second-order valence-electron chi connectivity index (χ2n) is 8.24. The Balaban J connectivity index is 2.04. The van der Waals surface area contributed by atoms with Crippen molar-refractivity contribution in [3.8, 4) is 5.19 Å². The highest BCUT2D eigenvalue weighted by molar-refractivity contribution is 7.13. The Kier molecular flexibility index (Phi) is 5.72. The average Bonchev–Trinajstić information content (AvgIpc) is 2.92. The minimum absolute atomic E-state index is 0.0207. The summed E-state index contributed by atoms with van der Waals surface area (Å²) < 4.78 is 5.61. The molecule has 0 aromatic carbocycles. The number of rotatable bonds is 5. The van der Waals surface area contributed by atoms with E-state index in [9.17, 15) is 4.79 Å². The molecule has 2 rings (SSSR count). The highest BCUT2D eigenvalue weighted by Crippen LogP contribution is 2.34. The smallest absolute Gasteiger partial charge is 0.294 e. The van der Waals surface area contributed by atoms with Crippen LogP contribution in [0.1, 0.15) is 59.9 Å². The van der Waals surface area contributed by atoms with Gasteiger partial charge < -0.3 is 9.64 Å². The number of nitrogens with zero attached hydrogens (tertiary/aromatic N) is 3. The van der Waals surface area contributed by atoms with E-state index in [1.54, 1.807) is 0 Å². The lowest BCUT2D eigenvalue weighted by molar-refractivity contribution is -0.131. The van der Waals surface area contributed by atoms with E-state index < -0.39 is 0 Å². The fraction of sp³-hybridized carbons (Fsp3) is 0.632. The van der Waals surface area contributed by atoms with Crippen molar-refractivity contribution in [1.82, 2.24) is 15.1 Å². The minimum atomic E-state index is -0.0684. The van der Waals surface area contributed by atoms with E-state index in [0.29, 0.717) is 11.7 Å². The van der Waals surface area contributed by atoms with E-state index >= 15 is 0 Å². The molecule has 0 saturated carbocycles. The van der Waals surface area contributed by atoms with Crippen LogP contribution in [0.4, 0.5) is 0 Å². The van der Waals surface area contributed by atoms with E-state index in [4.69, 9.17) is 4.74 Å². The molecule has 138 valence electrons. The fourth-order valence-electron chi connectivity index (χ4n) is 2.98. The van der Waals surface area contributed by atoms with E-state index in [-0.39, 0.29) is 23.3 Å². The van der Waals surface area contributed by atoms with Crippen LogP contribution in [0.25, 0.3) is 0 Å². The zero-order chi connectivity index (χ0) is 18.8. The fourth-order valence-corrected chi connectivity index (χ4v) is 3.73. The number of amides is 1. The predicted octanol–water partition coefficient (Wildman–Crippen LogP) is 4.32. The zero-order valence-electron chi connectivity index (χ0n) is 16.3. The lowest BCUT2D eigenvalue weighted by Gasteiger charge is -2.33. The Morgan fingerprint density at radius 1 is 1.36 bits per heavy atom. The van der Waals surface area contributed by atoms with Gasteiger partial charge in [-0.05, 0) is 31.8 Å². The molecule has 6 heteroatoms. The third-order valence-corrected chi connectivity index (χ3v) is 5.24. The lowest BCUT2D eigenvalue weighted by Crippen LogP contribution is -2.36. The maximum Gasteiger partial charge on any atom is 0.294 e. The molecular weight excluding hydrogens is 334 g/mol.